The predicted octanol–water partition coefficient (Wildman–Crippen LogP) is 22.7. The summed E-state index contributed by atoms with van der Waals surface area (Å²) >= 11 is 6.00. The Morgan fingerprint density at radius 2 is 0.677 bits per heavy atom. The number of aromatic amines is 5. The molecule has 0 amide bonds. The molecule has 0 saturated heterocycles. The molecule has 1 saturated carbocycles. The number of rotatable bonds is 18. The number of methoxy groups -OCH3 is 1. The van der Waals surface area contributed by atoms with E-state index in [-0.39, 0.29) is 12.2 Å². The summed E-state index contributed by atoms with van der Waals surface area (Å²) in [4.78, 5) is 49.4. The summed E-state index contributed by atoms with van der Waals surface area (Å²) in [6, 6.07) is 87.2. The van der Waals surface area contributed by atoms with Crippen LogP contribution < -0.4 is 45.7 Å². The topological polar surface area (TPSA) is 363 Å². The Labute approximate surface area is 752 Å². The average Bonchev–Trinajstić information content (AvgIpc) is 0.928. The second kappa shape index (κ2) is 37.3. The van der Waals surface area contributed by atoms with Crippen LogP contribution in [0.3, 0.4) is 0 Å². The van der Waals surface area contributed by atoms with Crippen molar-refractivity contribution in [2.24, 2.45) is 0 Å². The standard InChI is InChI=1S/C22H23N5.C20H16ClN5.C20H20N6.C19H15N5O2.C19H17N5O/c1-14-13-19(27-26-14)24-21-17-7-5-6-8-18(17)23-20(25-21)15-9-11-16(12-10-15)22(2,3)4;21-14-9-7-13(8-10-14)19-22-16-4-2-1-3-15(16)20(24-19)23-18-11-17(25-26-18)12-5-6-12;1-13-12-18(25-24-13)22-20-16-6-4-5-7-17(16)21-19(23-20)14-8-10-15(11-9-14)26(2)3;1-11-8-17(24-23-11)21-19-13-4-2-3-5-14(13)20-18(22-19)12-6-7-15-16(9-12)26-10-25-15;1-12-10-17(24-23-12)21-19-15-8-3-4-9-16(15)20-18(22-19)13-6-5-7-14(11-13)25-2/h5-13H,1-4H3,(H2,23,24,25,26,27);1-4,7-12H,5-6H2,(H2,22,23,24,25,26);4-12H,1-3H3,(H2,21,22,23,24,25);2-9H,10H2,1H3,(H2,20,21,22,23,24);3-11H,1-2H3,(H2,20,21,22,23,24). The van der Waals surface area contributed by atoms with E-state index in [0.29, 0.717) is 57.4 Å². The van der Waals surface area contributed by atoms with Gasteiger partial charge in [0.25, 0.3) is 0 Å². The molecule has 0 bridgehead atoms. The number of ether oxygens (including phenoxy) is 3. The number of aromatic nitrogens is 20. The molecule has 10 aromatic carbocycles. The molecule has 1 aliphatic carbocycles. The SMILES string of the molecule is COc1cccc(-c2nc(Nc3cc(C)[nH]n3)c3ccccc3n2)c1.Cc1cc(Nc2nc(-c3ccc(C(C)(C)C)cc3)nc3ccccc23)n[nH]1.Cc1cc(Nc2nc(-c3ccc(N(C)C)cc3)nc3ccccc23)n[nH]1.Cc1cc(Nc2nc(-c3ccc4c(c3)OCO4)nc3ccccc23)n[nH]1.Clc1ccc(-c2nc(Nc3cc(C4CC4)[nH]n3)c3ccccc3n2)cc1. The zero-order valence-electron chi connectivity index (χ0n) is 72.9. The third-order valence-electron chi connectivity index (χ3n) is 21.4. The van der Waals surface area contributed by atoms with E-state index in [1.165, 1.54) is 24.1 Å². The zero-order valence-corrected chi connectivity index (χ0v) is 73.6. The maximum absolute atomic E-state index is 6.00. The molecule has 646 valence electrons. The lowest BCUT2D eigenvalue weighted by molar-refractivity contribution is 0.174. The number of para-hydroxylation sites is 5. The third kappa shape index (κ3) is 19.9. The van der Waals surface area contributed by atoms with E-state index in [1.807, 2.05) is 266 Å². The monoisotopic (exact) mass is 1740 g/mol. The Morgan fingerprint density at radius 3 is 1.03 bits per heavy atom. The fourth-order valence-electron chi connectivity index (χ4n) is 14.5. The van der Waals surface area contributed by atoms with Crippen molar-refractivity contribution in [1.29, 1.82) is 0 Å². The highest BCUT2D eigenvalue weighted by atomic mass is 35.5. The molecule has 10 N–H and O–H groups in total. The van der Waals surface area contributed by atoms with Crippen LogP contribution in [0.2, 0.25) is 5.02 Å². The number of benzene rings is 10. The van der Waals surface area contributed by atoms with Gasteiger partial charge in [0.15, 0.2) is 69.7 Å². The lowest BCUT2D eigenvalue weighted by Gasteiger charge is -2.19. The maximum atomic E-state index is 6.00. The van der Waals surface area contributed by atoms with Crippen LogP contribution in [0.1, 0.15) is 73.6 Å². The van der Waals surface area contributed by atoms with Crippen LogP contribution in [-0.2, 0) is 5.41 Å². The molecule has 0 spiro atoms. The third-order valence-corrected chi connectivity index (χ3v) is 21.7. The van der Waals surface area contributed by atoms with E-state index < -0.39 is 0 Å². The van der Waals surface area contributed by atoms with Crippen LogP contribution in [0, 0.1) is 27.7 Å². The molecule has 22 rings (SSSR count). The van der Waals surface area contributed by atoms with Gasteiger partial charge >= 0.3 is 0 Å². The van der Waals surface area contributed by atoms with Crippen molar-refractivity contribution in [3.8, 4) is 74.2 Å². The first-order valence-corrected chi connectivity index (χ1v) is 42.6. The summed E-state index contributed by atoms with van der Waals surface area (Å²) in [7, 11) is 5.69. The van der Waals surface area contributed by atoms with E-state index in [0.717, 1.165) is 169 Å². The van der Waals surface area contributed by atoms with Gasteiger partial charge in [0, 0.05) is 144 Å². The predicted molar refractivity (Wildman–Crippen MR) is 516 cm³/mol. The normalized spacial score (nSPS) is 12.0. The van der Waals surface area contributed by atoms with Gasteiger partial charge in [0.1, 0.15) is 34.8 Å². The number of aryl methyl sites for hydroxylation is 4. The largest absolute Gasteiger partial charge is 0.497 e. The number of anilines is 11. The lowest BCUT2D eigenvalue weighted by Crippen LogP contribution is -2.10. The van der Waals surface area contributed by atoms with Crippen molar-refractivity contribution in [2.75, 3.05) is 59.5 Å². The number of hydrogen-bond acceptors (Lipinski definition) is 24. The van der Waals surface area contributed by atoms with Gasteiger partial charge in [-0.2, -0.15) is 25.5 Å². The van der Waals surface area contributed by atoms with Crippen molar-refractivity contribution < 1.29 is 14.2 Å². The Kier molecular flexibility index (Phi) is 24.2. The lowest BCUT2D eigenvalue weighted by atomic mass is 9.87. The summed E-state index contributed by atoms with van der Waals surface area (Å²) in [5.74, 6) is 13.5. The van der Waals surface area contributed by atoms with Crippen LogP contribution in [0.5, 0.6) is 17.2 Å². The molecule has 30 heteroatoms. The second-order valence-electron chi connectivity index (χ2n) is 32.5. The number of halogens is 1. The Bertz CT molecular complexity index is 7430. The Hall–Kier alpha value is -16.6. The minimum absolute atomic E-state index is 0.118. The molecule has 11 heterocycles. The molecule has 20 aromatic rings. The van der Waals surface area contributed by atoms with Crippen LogP contribution in [0.25, 0.3) is 111 Å². The fraction of sp³-hybridized carbons (Fsp3) is 0.150. The smallest absolute Gasteiger partial charge is 0.231 e. The van der Waals surface area contributed by atoms with Crippen LogP contribution >= 0.6 is 11.6 Å². The van der Waals surface area contributed by atoms with E-state index in [2.05, 4.69) is 146 Å². The van der Waals surface area contributed by atoms with Crippen LogP contribution in [-0.4, -0.2) is 129 Å². The quantitative estimate of drug-likeness (QED) is 0.0381. The average molecular weight is 1740 g/mol. The first-order chi connectivity index (χ1) is 63.2. The number of hydrogen-bond donors (Lipinski definition) is 10. The highest BCUT2D eigenvalue weighted by molar-refractivity contribution is 6.30. The highest BCUT2D eigenvalue weighted by Crippen LogP contribution is 2.42. The van der Waals surface area contributed by atoms with Crippen molar-refractivity contribution in [3.63, 3.8) is 0 Å². The van der Waals surface area contributed by atoms with E-state index in [4.69, 9.17) is 75.7 Å². The van der Waals surface area contributed by atoms with Crippen molar-refractivity contribution in [3.05, 3.63) is 306 Å². The molecular formula is C100H91ClN26O3. The van der Waals surface area contributed by atoms with Gasteiger partial charge in [0.2, 0.25) is 6.79 Å². The molecule has 1 fully saturated rings. The van der Waals surface area contributed by atoms with E-state index in [9.17, 15) is 0 Å². The van der Waals surface area contributed by atoms with Crippen molar-refractivity contribution in [2.45, 2.75) is 72.6 Å². The van der Waals surface area contributed by atoms with Gasteiger partial charge in [-0.05, 0) is 191 Å². The first kappa shape index (κ1) is 84.3. The second-order valence-corrected chi connectivity index (χ2v) is 32.9. The number of nitrogens with one attached hydrogen (secondary N) is 10. The summed E-state index contributed by atoms with van der Waals surface area (Å²) in [5, 5.41) is 58.2. The summed E-state index contributed by atoms with van der Waals surface area (Å²) in [5.41, 5.74) is 16.7. The maximum Gasteiger partial charge on any atom is 0.231 e. The number of H-pyrrole nitrogens is 5. The molecule has 130 heavy (non-hydrogen) atoms. The summed E-state index contributed by atoms with van der Waals surface area (Å²) in [6.07, 6.45) is 2.47. The minimum atomic E-state index is 0.118. The molecular weight excluding hydrogens is 1650 g/mol. The Balaban J connectivity index is 0.000000109. The van der Waals surface area contributed by atoms with Gasteiger partial charge in [-0.15, -0.1) is 0 Å². The molecule has 29 nitrogen and oxygen atoms in total. The molecule has 2 aliphatic rings. The highest BCUT2D eigenvalue weighted by Gasteiger charge is 2.27. The molecule has 10 aromatic heterocycles. The van der Waals surface area contributed by atoms with Gasteiger partial charge in [-0.3, -0.25) is 25.5 Å². The molecule has 0 atom stereocenters. The van der Waals surface area contributed by atoms with Gasteiger partial charge in [0.05, 0.1) is 34.7 Å². The van der Waals surface area contributed by atoms with Crippen LogP contribution in [0.4, 0.5) is 63.9 Å². The molecule has 0 unspecified atom stereocenters. The number of nitrogens with zero attached hydrogens (tertiary/aromatic N) is 16. The van der Waals surface area contributed by atoms with Gasteiger partial charge in [-0.25, -0.2) is 49.8 Å². The van der Waals surface area contributed by atoms with Gasteiger partial charge < -0.3 is 45.7 Å². The Morgan fingerprint density at radius 1 is 0.346 bits per heavy atom. The van der Waals surface area contributed by atoms with E-state index >= 15 is 0 Å². The number of fused-ring (bicyclic) bond motifs is 6. The molecule has 0 radical (unpaired) electrons. The zero-order chi connectivity index (χ0) is 89.4. The first-order valence-electron chi connectivity index (χ1n) is 42.3. The van der Waals surface area contributed by atoms with Crippen LogP contribution in [0.15, 0.2) is 267 Å². The van der Waals surface area contributed by atoms with E-state index in [1.54, 1.807) is 7.11 Å². The minimum Gasteiger partial charge on any atom is -0.497 e. The van der Waals surface area contributed by atoms with Crippen molar-refractivity contribution >= 4 is 130 Å². The van der Waals surface area contributed by atoms with Crippen molar-refractivity contribution in [1.82, 2.24) is 101 Å². The van der Waals surface area contributed by atoms with Gasteiger partial charge in [-0.1, -0.05) is 129 Å². The molecule has 1 aliphatic heterocycles. The summed E-state index contributed by atoms with van der Waals surface area (Å²) < 4.78 is 16.2. The summed E-state index contributed by atoms with van der Waals surface area (Å²) in [6.45, 7) is 14.7. The fourth-order valence-corrected chi connectivity index (χ4v) is 14.6.